The first kappa shape index (κ1) is 19.3. The Morgan fingerprint density at radius 2 is 2.20 bits per heavy atom. The second-order valence-corrected chi connectivity index (χ2v) is 8.86. The SMILES string of the molecule is COCC1CCN(C(=O)c2nc3c(s2)CCOc2cc(-c4cn[nH]c4)ccc2-3)CC1. The van der Waals surface area contributed by atoms with Crippen LogP contribution in [0, 0.1) is 5.92 Å². The Morgan fingerprint density at radius 1 is 1.33 bits per heavy atom. The van der Waals surface area contributed by atoms with Gasteiger partial charge in [0.15, 0.2) is 5.01 Å². The lowest BCUT2D eigenvalue weighted by Crippen LogP contribution is -2.39. The summed E-state index contributed by atoms with van der Waals surface area (Å²) in [6, 6.07) is 6.10. The highest BCUT2D eigenvalue weighted by Crippen LogP contribution is 2.40. The van der Waals surface area contributed by atoms with Crippen molar-refractivity contribution >= 4 is 17.2 Å². The summed E-state index contributed by atoms with van der Waals surface area (Å²) in [5.74, 6) is 1.39. The molecule has 1 fully saturated rings. The highest BCUT2D eigenvalue weighted by molar-refractivity contribution is 7.14. The van der Waals surface area contributed by atoms with Crippen molar-refractivity contribution in [1.82, 2.24) is 20.1 Å². The Kier molecular flexibility index (Phi) is 5.26. The largest absolute Gasteiger partial charge is 0.492 e. The number of thiazole rings is 1. The van der Waals surface area contributed by atoms with E-state index in [0.717, 1.165) is 72.0 Å². The van der Waals surface area contributed by atoms with Gasteiger partial charge in [-0.15, -0.1) is 11.3 Å². The molecule has 0 saturated carbocycles. The molecule has 1 saturated heterocycles. The monoisotopic (exact) mass is 424 g/mol. The first-order valence-corrected chi connectivity index (χ1v) is 11.1. The number of likely N-dealkylation sites (tertiary alicyclic amines) is 1. The summed E-state index contributed by atoms with van der Waals surface area (Å²) in [7, 11) is 1.74. The van der Waals surface area contributed by atoms with Crippen molar-refractivity contribution in [3.63, 3.8) is 0 Å². The van der Waals surface area contributed by atoms with E-state index < -0.39 is 0 Å². The lowest BCUT2D eigenvalue weighted by Gasteiger charge is -2.31. The molecule has 156 valence electrons. The number of piperidine rings is 1. The summed E-state index contributed by atoms with van der Waals surface area (Å²) in [5, 5.41) is 7.44. The van der Waals surface area contributed by atoms with Gasteiger partial charge in [-0.3, -0.25) is 9.89 Å². The van der Waals surface area contributed by atoms with Crippen molar-refractivity contribution in [2.75, 3.05) is 33.4 Å². The maximum Gasteiger partial charge on any atom is 0.282 e. The van der Waals surface area contributed by atoms with Crippen molar-refractivity contribution in [3.05, 3.63) is 40.5 Å². The number of aromatic nitrogens is 3. The van der Waals surface area contributed by atoms with Gasteiger partial charge in [-0.05, 0) is 36.5 Å². The number of ether oxygens (including phenoxy) is 2. The first-order valence-electron chi connectivity index (χ1n) is 10.3. The predicted molar refractivity (Wildman–Crippen MR) is 115 cm³/mol. The van der Waals surface area contributed by atoms with Crippen LogP contribution in [0.15, 0.2) is 30.6 Å². The molecule has 0 bridgehead atoms. The Morgan fingerprint density at radius 3 is 2.97 bits per heavy atom. The van der Waals surface area contributed by atoms with Crippen molar-refractivity contribution in [2.24, 2.45) is 5.92 Å². The molecule has 2 aromatic heterocycles. The number of fused-ring (bicyclic) bond motifs is 3. The molecule has 0 spiro atoms. The van der Waals surface area contributed by atoms with Gasteiger partial charge in [0.2, 0.25) is 0 Å². The summed E-state index contributed by atoms with van der Waals surface area (Å²) in [5.41, 5.74) is 3.88. The van der Waals surface area contributed by atoms with E-state index >= 15 is 0 Å². The molecule has 3 aromatic rings. The molecule has 0 radical (unpaired) electrons. The Balaban J connectivity index is 1.40. The lowest BCUT2D eigenvalue weighted by atomic mass is 9.98. The van der Waals surface area contributed by atoms with Gasteiger partial charge in [0.05, 0.1) is 18.5 Å². The normalized spacial score (nSPS) is 16.5. The number of hydrogen-bond acceptors (Lipinski definition) is 6. The molecule has 0 atom stereocenters. The molecule has 5 rings (SSSR count). The van der Waals surface area contributed by atoms with Gasteiger partial charge in [0, 0.05) is 55.4 Å². The summed E-state index contributed by atoms with van der Waals surface area (Å²) in [4.78, 5) is 20.9. The number of amides is 1. The summed E-state index contributed by atoms with van der Waals surface area (Å²) >= 11 is 1.51. The number of hydrogen-bond donors (Lipinski definition) is 1. The van der Waals surface area contributed by atoms with Gasteiger partial charge in [-0.25, -0.2) is 4.98 Å². The number of carbonyl (C=O) groups excluding carboxylic acids is 1. The molecule has 2 aliphatic heterocycles. The van der Waals surface area contributed by atoms with Crippen molar-refractivity contribution < 1.29 is 14.3 Å². The van der Waals surface area contributed by atoms with E-state index in [1.165, 1.54) is 11.3 Å². The molecule has 7 nitrogen and oxygen atoms in total. The number of benzene rings is 1. The molecular weight excluding hydrogens is 400 g/mol. The highest BCUT2D eigenvalue weighted by Gasteiger charge is 2.28. The van der Waals surface area contributed by atoms with Crippen LogP contribution in [0.1, 0.15) is 27.5 Å². The first-order chi connectivity index (χ1) is 14.7. The fourth-order valence-corrected chi connectivity index (χ4v) is 5.20. The summed E-state index contributed by atoms with van der Waals surface area (Å²) < 4.78 is 11.3. The van der Waals surface area contributed by atoms with Crippen LogP contribution in [0.2, 0.25) is 0 Å². The van der Waals surface area contributed by atoms with Gasteiger partial charge in [0.25, 0.3) is 5.91 Å². The van der Waals surface area contributed by atoms with Gasteiger partial charge < -0.3 is 14.4 Å². The quantitative estimate of drug-likeness (QED) is 0.692. The number of carbonyl (C=O) groups is 1. The van der Waals surface area contributed by atoms with E-state index in [-0.39, 0.29) is 5.91 Å². The van der Waals surface area contributed by atoms with E-state index in [2.05, 4.69) is 10.2 Å². The number of H-pyrrole nitrogens is 1. The minimum absolute atomic E-state index is 0.0430. The average molecular weight is 425 g/mol. The topological polar surface area (TPSA) is 80.3 Å². The number of methoxy groups -OCH3 is 1. The Hall–Kier alpha value is -2.71. The molecule has 0 aliphatic carbocycles. The minimum Gasteiger partial charge on any atom is -0.492 e. The van der Waals surface area contributed by atoms with Gasteiger partial charge in [-0.1, -0.05) is 6.07 Å². The second-order valence-electron chi connectivity index (χ2n) is 7.78. The fourth-order valence-electron chi connectivity index (χ4n) is 4.18. The smallest absolute Gasteiger partial charge is 0.282 e. The highest BCUT2D eigenvalue weighted by atomic mass is 32.1. The van der Waals surface area contributed by atoms with Crippen LogP contribution in [-0.2, 0) is 11.2 Å². The van der Waals surface area contributed by atoms with E-state index in [9.17, 15) is 4.79 Å². The van der Waals surface area contributed by atoms with Crippen molar-refractivity contribution in [2.45, 2.75) is 19.3 Å². The minimum atomic E-state index is 0.0430. The molecule has 30 heavy (non-hydrogen) atoms. The lowest BCUT2D eigenvalue weighted by molar-refractivity contribution is 0.0613. The zero-order chi connectivity index (χ0) is 20.5. The van der Waals surface area contributed by atoms with Crippen LogP contribution >= 0.6 is 11.3 Å². The third-order valence-corrected chi connectivity index (χ3v) is 6.94. The number of rotatable bonds is 4. The van der Waals surface area contributed by atoms with Crippen LogP contribution in [0.25, 0.3) is 22.4 Å². The predicted octanol–water partition coefficient (Wildman–Crippen LogP) is 3.63. The molecule has 4 heterocycles. The van der Waals surface area contributed by atoms with E-state index in [4.69, 9.17) is 14.5 Å². The van der Waals surface area contributed by atoms with Crippen LogP contribution < -0.4 is 4.74 Å². The zero-order valence-electron chi connectivity index (χ0n) is 16.9. The maximum atomic E-state index is 13.1. The molecule has 2 aliphatic rings. The Labute approximate surface area is 179 Å². The average Bonchev–Trinajstić information content (AvgIpc) is 3.42. The van der Waals surface area contributed by atoms with Crippen molar-refractivity contribution in [1.29, 1.82) is 0 Å². The number of nitrogens with zero attached hydrogens (tertiary/aromatic N) is 3. The molecule has 1 N–H and O–H groups in total. The molecule has 8 heteroatoms. The Bertz CT molecular complexity index is 1040. The summed E-state index contributed by atoms with van der Waals surface area (Å²) in [6.45, 7) is 2.88. The summed E-state index contributed by atoms with van der Waals surface area (Å²) in [6.07, 6.45) is 6.38. The van der Waals surface area contributed by atoms with Gasteiger partial charge >= 0.3 is 0 Å². The van der Waals surface area contributed by atoms with E-state index in [0.29, 0.717) is 17.5 Å². The third-order valence-electron chi connectivity index (χ3n) is 5.84. The number of nitrogens with one attached hydrogen (secondary N) is 1. The number of aromatic amines is 1. The third kappa shape index (κ3) is 3.61. The fraction of sp³-hybridized carbons (Fsp3) is 0.409. The molecule has 1 aromatic carbocycles. The van der Waals surface area contributed by atoms with Crippen LogP contribution in [0.3, 0.4) is 0 Å². The standard InChI is InChI=1S/C22H24N4O3S/c1-28-13-14-4-7-26(8-5-14)22(27)21-25-20-17-3-2-15(16-11-23-24-12-16)10-18(17)29-9-6-19(20)30-21/h2-3,10-12,14H,4-9,13H2,1H3,(H,23,24). The van der Waals surface area contributed by atoms with Crippen LogP contribution in [0.5, 0.6) is 5.75 Å². The van der Waals surface area contributed by atoms with Gasteiger partial charge in [0.1, 0.15) is 5.75 Å². The molecule has 1 amide bonds. The molecule has 0 unspecified atom stereocenters. The molecular formula is C22H24N4O3S. The zero-order valence-corrected chi connectivity index (χ0v) is 17.7. The van der Waals surface area contributed by atoms with E-state index in [1.54, 1.807) is 13.3 Å². The van der Waals surface area contributed by atoms with Crippen molar-refractivity contribution in [3.8, 4) is 28.1 Å². The van der Waals surface area contributed by atoms with Crippen LogP contribution in [-0.4, -0.2) is 59.4 Å². The van der Waals surface area contributed by atoms with Crippen LogP contribution in [0.4, 0.5) is 0 Å². The second kappa shape index (κ2) is 8.20. The maximum absolute atomic E-state index is 13.1. The van der Waals surface area contributed by atoms with Gasteiger partial charge in [-0.2, -0.15) is 5.10 Å². The van der Waals surface area contributed by atoms with E-state index in [1.807, 2.05) is 29.3 Å².